The van der Waals surface area contributed by atoms with E-state index in [1.807, 2.05) is 6.92 Å². The van der Waals surface area contributed by atoms with E-state index in [4.69, 9.17) is 5.73 Å². The van der Waals surface area contributed by atoms with Gasteiger partial charge in [-0.3, -0.25) is 9.82 Å². The lowest BCUT2D eigenvalue weighted by Crippen LogP contribution is -2.15. The Balaban J connectivity index is 2.26. The standard InChI is InChI=1S/C12H15FN4O2S/c1-2-3-9-7-12(16-15-9)17-20(18,19)11-5-4-8(13)6-10(11)14/h4-7H,2-3,14H2,1H3,(H2,15,16,17). The van der Waals surface area contributed by atoms with Crippen molar-refractivity contribution in [2.45, 2.75) is 24.7 Å². The molecule has 108 valence electrons. The normalized spacial score (nSPS) is 11.5. The van der Waals surface area contributed by atoms with Crippen LogP contribution in [0.3, 0.4) is 0 Å². The Hall–Kier alpha value is -2.09. The minimum atomic E-state index is -3.89. The number of benzene rings is 1. The zero-order chi connectivity index (χ0) is 14.8. The van der Waals surface area contributed by atoms with Gasteiger partial charge < -0.3 is 5.73 Å². The lowest BCUT2D eigenvalue weighted by molar-refractivity contribution is 0.600. The van der Waals surface area contributed by atoms with Crippen molar-refractivity contribution in [2.24, 2.45) is 0 Å². The number of H-pyrrole nitrogens is 1. The van der Waals surface area contributed by atoms with E-state index in [9.17, 15) is 12.8 Å². The van der Waals surface area contributed by atoms with Gasteiger partial charge in [-0.25, -0.2) is 12.8 Å². The number of sulfonamides is 1. The molecule has 0 unspecified atom stereocenters. The number of nitrogens with one attached hydrogen (secondary N) is 2. The maximum Gasteiger partial charge on any atom is 0.265 e. The van der Waals surface area contributed by atoms with E-state index in [-0.39, 0.29) is 16.4 Å². The first-order valence-electron chi connectivity index (χ1n) is 6.04. The number of rotatable bonds is 5. The molecule has 6 nitrogen and oxygen atoms in total. The molecule has 0 fully saturated rings. The van der Waals surface area contributed by atoms with Gasteiger partial charge in [-0.05, 0) is 24.6 Å². The molecule has 0 spiro atoms. The zero-order valence-electron chi connectivity index (χ0n) is 10.9. The molecule has 2 rings (SSSR count). The van der Waals surface area contributed by atoms with Crippen LogP contribution in [0.15, 0.2) is 29.2 Å². The average molecular weight is 298 g/mol. The van der Waals surface area contributed by atoms with E-state index in [1.54, 1.807) is 6.07 Å². The van der Waals surface area contributed by atoms with E-state index < -0.39 is 15.8 Å². The summed E-state index contributed by atoms with van der Waals surface area (Å²) in [5.74, 6) is -0.413. The molecular formula is C12H15FN4O2S. The summed E-state index contributed by atoms with van der Waals surface area (Å²) >= 11 is 0. The molecule has 8 heteroatoms. The van der Waals surface area contributed by atoms with Gasteiger partial charge in [-0.2, -0.15) is 5.10 Å². The summed E-state index contributed by atoms with van der Waals surface area (Å²) in [4.78, 5) is -0.182. The lowest BCUT2D eigenvalue weighted by atomic mass is 10.2. The van der Waals surface area contributed by atoms with E-state index in [1.165, 1.54) is 0 Å². The summed E-state index contributed by atoms with van der Waals surface area (Å²) in [5.41, 5.74) is 6.21. The van der Waals surface area contributed by atoms with E-state index in [2.05, 4.69) is 14.9 Å². The molecule has 1 heterocycles. The molecule has 0 radical (unpaired) electrons. The Bertz CT molecular complexity index is 712. The van der Waals surface area contributed by atoms with Crippen molar-refractivity contribution in [1.82, 2.24) is 10.2 Å². The van der Waals surface area contributed by atoms with Crippen LogP contribution < -0.4 is 10.5 Å². The second-order valence-electron chi connectivity index (χ2n) is 4.32. The third kappa shape index (κ3) is 3.08. The molecule has 0 saturated heterocycles. The van der Waals surface area contributed by atoms with Crippen LogP contribution in [-0.2, 0) is 16.4 Å². The number of hydrogen-bond acceptors (Lipinski definition) is 4. The highest BCUT2D eigenvalue weighted by Crippen LogP contribution is 2.21. The molecule has 0 aliphatic rings. The minimum Gasteiger partial charge on any atom is -0.398 e. The Labute approximate surface area is 116 Å². The van der Waals surface area contributed by atoms with Crippen LogP contribution >= 0.6 is 0 Å². The number of aromatic amines is 1. The maximum absolute atomic E-state index is 12.9. The van der Waals surface area contributed by atoms with E-state index in [0.29, 0.717) is 0 Å². The van der Waals surface area contributed by atoms with Gasteiger partial charge in [-0.15, -0.1) is 0 Å². The minimum absolute atomic E-state index is 0.151. The van der Waals surface area contributed by atoms with Crippen molar-refractivity contribution >= 4 is 21.5 Å². The zero-order valence-corrected chi connectivity index (χ0v) is 11.7. The predicted octanol–water partition coefficient (Wildman–Crippen LogP) is 1.88. The number of halogens is 1. The maximum atomic E-state index is 12.9. The van der Waals surface area contributed by atoms with E-state index in [0.717, 1.165) is 36.7 Å². The van der Waals surface area contributed by atoms with Crippen LogP contribution in [0.4, 0.5) is 15.9 Å². The molecule has 20 heavy (non-hydrogen) atoms. The van der Waals surface area contributed by atoms with Crippen molar-refractivity contribution in [1.29, 1.82) is 0 Å². The van der Waals surface area contributed by atoms with Crippen LogP contribution in [0.5, 0.6) is 0 Å². The Morgan fingerprint density at radius 1 is 1.40 bits per heavy atom. The second kappa shape index (κ2) is 5.49. The number of nitrogens with two attached hydrogens (primary N) is 1. The molecular weight excluding hydrogens is 283 g/mol. The lowest BCUT2D eigenvalue weighted by Gasteiger charge is -2.07. The first kappa shape index (κ1) is 14.3. The monoisotopic (exact) mass is 298 g/mol. The first-order valence-corrected chi connectivity index (χ1v) is 7.53. The van der Waals surface area contributed by atoms with Crippen molar-refractivity contribution in [3.63, 3.8) is 0 Å². The van der Waals surface area contributed by atoms with Gasteiger partial charge in [0.25, 0.3) is 10.0 Å². The Kier molecular flexibility index (Phi) is 3.93. The van der Waals surface area contributed by atoms with Gasteiger partial charge in [-0.1, -0.05) is 13.3 Å². The summed E-state index contributed by atoms with van der Waals surface area (Å²) in [5, 5.41) is 6.60. The van der Waals surface area contributed by atoms with Gasteiger partial charge in [0.1, 0.15) is 10.7 Å². The Morgan fingerprint density at radius 2 is 2.15 bits per heavy atom. The summed E-state index contributed by atoms with van der Waals surface area (Å²) in [6.07, 6.45) is 1.69. The van der Waals surface area contributed by atoms with Gasteiger partial charge in [0.2, 0.25) is 0 Å². The highest BCUT2D eigenvalue weighted by molar-refractivity contribution is 7.92. The summed E-state index contributed by atoms with van der Waals surface area (Å²) < 4.78 is 39.5. The third-order valence-corrected chi connectivity index (χ3v) is 4.08. The molecule has 1 aromatic heterocycles. The summed E-state index contributed by atoms with van der Waals surface area (Å²) in [6.45, 7) is 2.00. The smallest absolute Gasteiger partial charge is 0.265 e. The number of hydrogen-bond donors (Lipinski definition) is 3. The predicted molar refractivity (Wildman–Crippen MR) is 74.2 cm³/mol. The second-order valence-corrected chi connectivity index (χ2v) is 5.97. The fraction of sp³-hybridized carbons (Fsp3) is 0.250. The molecule has 0 saturated carbocycles. The topological polar surface area (TPSA) is 101 Å². The van der Waals surface area contributed by atoms with Crippen LogP contribution in [0, 0.1) is 5.82 Å². The van der Waals surface area contributed by atoms with Crippen LogP contribution in [0.25, 0.3) is 0 Å². The number of aryl methyl sites for hydroxylation is 1. The Morgan fingerprint density at radius 3 is 2.80 bits per heavy atom. The largest absolute Gasteiger partial charge is 0.398 e. The van der Waals surface area contributed by atoms with Gasteiger partial charge in [0, 0.05) is 11.8 Å². The van der Waals surface area contributed by atoms with Crippen LogP contribution in [0.1, 0.15) is 19.0 Å². The fourth-order valence-corrected chi connectivity index (χ4v) is 2.87. The molecule has 0 amide bonds. The van der Waals surface area contributed by atoms with Crippen LogP contribution in [0.2, 0.25) is 0 Å². The van der Waals surface area contributed by atoms with Crippen molar-refractivity contribution < 1.29 is 12.8 Å². The number of aromatic nitrogens is 2. The third-order valence-electron chi connectivity index (χ3n) is 2.65. The molecule has 0 aliphatic carbocycles. The quantitative estimate of drug-likeness (QED) is 0.734. The summed E-state index contributed by atoms with van der Waals surface area (Å²) in [6, 6.07) is 4.73. The van der Waals surface area contributed by atoms with Gasteiger partial charge in [0.05, 0.1) is 5.69 Å². The van der Waals surface area contributed by atoms with Crippen LogP contribution in [-0.4, -0.2) is 18.6 Å². The highest BCUT2D eigenvalue weighted by atomic mass is 32.2. The van der Waals surface area contributed by atoms with Gasteiger partial charge >= 0.3 is 0 Å². The van der Waals surface area contributed by atoms with E-state index >= 15 is 0 Å². The molecule has 2 aromatic rings. The number of nitrogen functional groups attached to an aromatic ring is 1. The summed E-state index contributed by atoms with van der Waals surface area (Å²) in [7, 11) is -3.89. The fourth-order valence-electron chi connectivity index (χ4n) is 1.77. The van der Waals surface area contributed by atoms with Gasteiger partial charge in [0.15, 0.2) is 5.82 Å². The average Bonchev–Trinajstić information content (AvgIpc) is 2.75. The molecule has 4 N–H and O–H groups in total. The first-order chi connectivity index (χ1) is 9.42. The highest BCUT2D eigenvalue weighted by Gasteiger charge is 2.19. The number of nitrogens with zero attached hydrogens (tertiary/aromatic N) is 1. The molecule has 0 bridgehead atoms. The molecule has 1 aromatic carbocycles. The van der Waals surface area contributed by atoms with Crippen molar-refractivity contribution in [2.75, 3.05) is 10.5 Å². The SMILES string of the molecule is CCCc1cc(NS(=O)(=O)c2ccc(F)cc2N)n[nH]1. The van der Waals surface area contributed by atoms with Crippen molar-refractivity contribution in [3.05, 3.63) is 35.8 Å². The van der Waals surface area contributed by atoms with Crippen molar-refractivity contribution in [3.8, 4) is 0 Å². The number of anilines is 2. The molecule has 0 atom stereocenters. The molecule has 0 aliphatic heterocycles.